The number of carbonyl (C=O) groups excluding carboxylic acids is 2. The number of amides is 1. The second-order valence-corrected chi connectivity index (χ2v) is 8.61. The average Bonchev–Trinajstić information content (AvgIpc) is 3.03. The highest BCUT2D eigenvalue weighted by atomic mass is 19.1. The molecule has 176 valence electrons. The lowest BCUT2D eigenvalue weighted by atomic mass is 9.76. The number of nitrogens with zero attached hydrogens (tertiary/aromatic N) is 2. The zero-order chi connectivity index (χ0) is 24.4. The Hall–Kier alpha value is -3.69. The van der Waals surface area contributed by atoms with Gasteiger partial charge in [0.1, 0.15) is 17.4 Å². The van der Waals surface area contributed by atoms with Crippen LogP contribution in [0.2, 0.25) is 0 Å². The quantitative estimate of drug-likeness (QED) is 0.469. The van der Waals surface area contributed by atoms with Crippen molar-refractivity contribution >= 4 is 12.1 Å². The van der Waals surface area contributed by atoms with Crippen molar-refractivity contribution in [3.8, 4) is 5.75 Å². The Bertz CT molecular complexity index is 1020. The van der Waals surface area contributed by atoms with Gasteiger partial charge in [-0.2, -0.15) is 0 Å². The van der Waals surface area contributed by atoms with Gasteiger partial charge < -0.3 is 14.3 Å². The lowest BCUT2D eigenvalue weighted by molar-refractivity contribution is -0.486. The summed E-state index contributed by atoms with van der Waals surface area (Å²) in [6, 6.07) is 12.2. The van der Waals surface area contributed by atoms with E-state index in [0.29, 0.717) is 10.8 Å². The molecule has 0 aromatic heterocycles. The minimum atomic E-state index is -2.97. The molecule has 2 aromatic rings. The molecule has 1 amide bonds. The largest absolute Gasteiger partial charge is 0.497 e. The molecular formula is C23H25FN2O7. The summed E-state index contributed by atoms with van der Waals surface area (Å²) < 4.78 is 27.3. The third-order valence-electron chi connectivity index (χ3n) is 5.17. The van der Waals surface area contributed by atoms with Crippen LogP contribution in [0, 0.1) is 10.1 Å². The Balaban J connectivity index is 2.15. The molecule has 1 aliphatic heterocycles. The first-order chi connectivity index (χ1) is 15.5. The lowest BCUT2D eigenvalue weighted by Crippen LogP contribution is -2.46. The van der Waals surface area contributed by atoms with Crippen molar-refractivity contribution in [1.82, 2.24) is 5.06 Å². The number of methoxy groups -OCH3 is 1. The highest BCUT2D eigenvalue weighted by Gasteiger charge is 2.66. The second-order valence-electron chi connectivity index (χ2n) is 8.61. The predicted molar refractivity (Wildman–Crippen MR) is 115 cm³/mol. The Morgan fingerprint density at radius 1 is 1.21 bits per heavy atom. The van der Waals surface area contributed by atoms with E-state index in [1.54, 1.807) is 39.0 Å². The van der Waals surface area contributed by atoms with Crippen LogP contribution in [0.4, 0.5) is 9.18 Å². The van der Waals surface area contributed by atoms with Crippen LogP contribution in [0.3, 0.4) is 0 Å². The van der Waals surface area contributed by atoms with Gasteiger partial charge in [-0.15, -0.1) is 5.06 Å². The summed E-state index contributed by atoms with van der Waals surface area (Å²) in [7, 11) is 1.44. The Kier molecular flexibility index (Phi) is 6.57. The number of hydrogen-bond donors (Lipinski definition) is 0. The molecule has 0 radical (unpaired) electrons. The van der Waals surface area contributed by atoms with E-state index >= 15 is 4.39 Å². The van der Waals surface area contributed by atoms with Gasteiger partial charge >= 0.3 is 12.1 Å². The highest BCUT2D eigenvalue weighted by molar-refractivity contribution is 5.87. The molecule has 3 atom stereocenters. The third-order valence-corrected chi connectivity index (χ3v) is 5.17. The molecule has 1 heterocycles. The summed E-state index contributed by atoms with van der Waals surface area (Å²) in [5.41, 5.74) is -3.53. The van der Waals surface area contributed by atoms with E-state index in [-0.39, 0.29) is 11.1 Å². The maximum Gasteiger partial charge on any atom is 0.444 e. The lowest BCUT2D eigenvalue weighted by Gasteiger charge is -2.32. The summed E-state index contributed by atoms with van der Waals surface area (Å²) in [6.07, 6.45) is -1.08. The SMILES string of the molecule is COc1ccc([C@@H](C[N+](=O)[O-])[C@@]2(F)C(=O)ON(C(=O)OC(C)(C)C)C2c2ccccc2)cc1. The molecule has 0 bridgehead atoms. The summed E-state index contributed by atoms with van der Waals surface area (Å²) >= 11 is 0. The second kappa shape index (κ2) is 9.05. The van der Waals surface area contributed by atoms with Gasteiger partial charge in [-0.05, 0) is 44.0 Å². The van der Waals surface area contributed by atoms with Crippen LogP contribution >= 0.6 is 0 Å². The summed E-state index contributed by atoms with van der Waals surface area (Å²) in [5.74, 6) is -2.52. The van der Waals surface area contributed by atoms with Crippen molar-refractivity contribution in [2.45, 2.75) is 44.0 Å². The van der Waals surface area contributed by atoms with Crippen molar-refractivity contribution in [1.29, 1.82) is 0 Å². The van der Waals surface area contributed by atoms with E-state index in [9.17, 15) is 19.7 Å². The summed E-state index contributed by atoms with van der Waals surface area (Å²) in [4.78, 5) is 41.7. The average molecular weight is 460 g/mol. The van der Waals surface area contributed by atoms with Crippen LogP contribution in [0.5, 0.6) is 5.75 Å². The van der Waals surface area contributed by atoms with Crippen LogP contribution in [-0.4, -0.2) is 47.0 Å². The van der Waals surface area contributed by atoms with Crippen LogP contribution in [0.1, 0.15) is 43.9 Å². The smallest absolute Gasteiger partial charge is 0.444 e. The number of hydrogen-bond acceptors (Lipinski definition) is 7. The fourth-order valence-electron chi connectivity index (χ4n) is 3.76. The molecule has 1 fully saturated rings. The zero-order valence-electron chi connectivity index (χ0n) is 18.7. The molecule has 33 heavy (non-hydrogen) atoms. The van der Waals surface area contributed by atoms with Gasteiger partial charge in [0, 0.05) is 4.92 Å². The third kappa shape index (κ3) is 4.89. The molecule has 1 unspecified atom stereocenters. The van der Waals surface area contributed by atoms with Gasteiger partial charge in [0.05, 0.1) is 13.0 Å². The first-order valence-electron chi connectivity index (χ1n) is 10.2. The molecule has 0 aliphatic carbocycles. The maximum atomic E-state index is 16.9. The standard InChI is InChI=1S/C23H25FN2O7/c1-22(2,3)32-21(28)26-19(16-8-6-5-7-9-16)23(24,20(27)33-26)18(14-25(29)30)15-10-12-17(31-4)13-11-15/h5-13,18-19H,14H2,1-4H3/t18-,19?,23+/m1/s1. The van der Waals surface area contributed by atoms with Crippen molar-refractivity contribution in [2.75, 3.05) is 13.7 Å². The van der Waals surface area contributed by atoms with Gasteiger partial charge in [0.25, 0.3) is 0 Å². The van der Waals surface area contributed by atoms with Crippen LogP contribution in [0.15, 0.2) is 54.6 Å². The van der Waals surface area contributed by atoms with E-state index in [1.807, 2.05) is 0 Å². The number of carbonyl (C=O) groups is 2. The van der Waals surface area contributed by atoms with Crippen LogP contribution in [-0.2, 0) is 14.4 Å². The van der Waals surface area contributed by atoms with E-state index in [4.69, 9.17) is 14.3 Å². The molecule has 1 saturated heterocycles. The Morgan fingerprint density at radius 2 is 1.82 bits per heavy atom. The number of hydroxylamine groups is 2. The highest BCUT2D eigenvalue weighted by Crippen LogP contribution is 2.50. The Morgan fingerprint density at radius 3 is 2.33 bits per heavy atom. The molecule has 3 rings (SSSR count). The molecule has 0 saturated carbocycles. The zero-order valence-corrected chi connectivity index (χ0v) is 18.7. The fraction of sp³-hybridized carbons (Fsp3) is 0.391. The molecule has 0 spiro atoms. The van der Waals surface area contributed by atoms with Gasteiger partial charge in [-0.25, -0.2) is 14.0 Å². The molecule has 1 aliphatic rings. The molecule has 0 N–H and O–H groups in total. The van der Waals surface area contributed by atoms with Crippen LogP contribution in [0.25, 0.3) is 0 Å². The van der Waals surface area contributed by atoms with Gasteiger partial charge in [-0.3, -0.25) is 10.1 Å². The number of benzene rings is 2. The summed E-state index contributed by atoms with van der Waals surface area (Å²) in [6.45, 7) is 3.91. The van der Waals surface area contributed by atoms with E-state index < -0.39 is 46.8 Å². The maximum absolute atomic E-state index is 16.9. The predicted octanol–water partition coefficient (Wildman–Crippen LogP) is 4.21. The number of nitro groups is 1. The molecular weight excluding hydrogens is 435 g/mol. The normalized spacial score (nSPS) is 21.3. The van der Waals surface area contributed by atoms with E-state index in [2.05, 4.69) is 0 Å². The molecule has 9 nitrogen and oxygen atoms in total. The first-order valence-corrected chi connectivity index (χ1v) is 10.2. The topological polar surface area (TPSA) is 108 Å². The minimum Gasteiger partial charge on any atom is -0.497 e. The monoisotopic (exact) mass is 460 g/mol. The number of halogens is 1. The Labute approximate surface area is 190 Å². The van der Waals surface area contributed by atoms with Crippen LogP contribution < -0.4 is 4.74 Å². The molecule has 2 aromatic carbocycles. The first kappa shape index (κ1) is 24.0. The van der Waals surface area contributed by atoms with Crippen molar-refractivity contribution < 1.29 is 33.2 Å². The van der Waals surface area contributed by atoms with E-state index in [0.717, 1.165) is 0 Å². The van der Waals surface area contributed by atoms with Crippen molar-refractivity contribution in [2.24, 2.45) is 0 Å². The van der Waals surface area contributed by atoms with E-state index in [1.165, 1.54) is 43.5 Å². The minimum absolute atomic E-state index is 0.180. The molecule has 10 heteroatoms. The van der Waals surface area contributed by atoms with Gasteiger partial charge in [0.15, 0.2) is 0 Å². The van der Waals surface area contributed by atoms with Crippen molar-refractivity contribution in [3.05, 3.63) is 75.8 Å². The fourth-order valence-corrected chi connectivity index (χ4v) is 3.76. The number of ether oxygens (including phenoxy) is 2. The number of alkyl halides is 1. The van der Waals surface area contributed by atoms with Gasteiger partial charge in [0.2, 0.25) is 12.2 Å². The summed E-state index contributed by atoms with van der Waals surface area (Å²) in [5, 5.41) is 12.0. The number of rotatable bonds is 6. The van der Waals surface area contributed by atoms with Crippen molar-refractivity contribution in [3.63, 3.8) is 0 Å². The van der Waals surface area contributed by atoms with Gasteiger partial charge in [-0.1, -0.05) is 42.5 Å².